The molecule has 1 aromatic carbocycles. The Morgan fingerprint density at radius 2 is 2.20 bits per heavy atom. The topological polar surface area (TPSA) is 75.8 Å². The van der Waals surface area contributed by atoms with Gasteiger partial charge in [0.05, 0.1) is 12.7 Å². The SMILES string of the molecule is CCOc1cccc(N)c1C(=O)N(C)CC1CC(O)C1. The Hall–Kier alpha value is -1.75. The Labute approximate surface area is 119 Å². The standard InChI is InChI=1S/C15H22N2O3/c1-3-20-13-6-4-5-12(16)14(13)15(19)17(2)9-10-7-11(18)8-10/h4-6,10-11,18H,3,7-9,16H2,1-2H3. The zero-order chi connectivity index (χ0) is 14.7. The fourth-order valence-corrected chi connectivity index (χ4v) is 2.56. The summed E-state index contributed by atoms with van der Waals surface area (Å²) < 4.78 is 5.48. The van der Waals surface area contributed by atoms with Gasteiger partial charge in [-0.2, -0.15) is 0 Å². The maximum atomic E-state index is 12.5. The third kappa shape index (κ3) is 3.04. The van der Waals surface area contributed by atoms with Crippen molar-refractivity contribution in [2.75, 3.05) is 25.9 Å². The molecule has 1 aliphatic carbocycles. The molecule has 0 aliphatic heterocycles. The summed E-state index contributed by atoms with van der Waals surface area (Å²) in [6, 6.07) is 5.24. The number of ether oxygens (including phenoxy) is 1. The number of amides is 1. The van der Waals surface area contributed by atoms with E-state index < -0.39 is 0 Å². The molecule has 1 aliphatic rings. The van der Waals surface area contributed by atoms with Crippen molar-refractivity contribution in [1.29, 1.82) is 0 Å². The van der Waals surface area contributed by atoms with Crippen LogP contribution in [0, 0.1) is 5.92 Å². The predicted molar refractivity (Wildman–Crippen MR) is 77.7 cm³/mol. The van der Waals surface area contributed by atoms with E-state index in [2.05, 4.69) is 0 Å². The summed E-state index contributed by atoms with van der Waals surface area (Å²) in [5.74, 6) is 0.769. The second-order valence-corrected chi connectivity index (χ2v) is 5.33. The highest BCUT2D eigenvalue weighted by molar-refractivity contribution is 6.01. The van der Waals surface area contributed by atoms with E-state index in [-0.39, 0.29) is 12.0 Å². The van der Waals surface area contributed by atoms with Crippen molar-refractivity contribution < 1.29 is 14.6 Å². The minimum absolute atomic E-state index is 0.132. The average Bonchev–Trinajstić information content (AvgIpc) is 2.37. The molecule has 0 aromatic heterocycles. The van der Waals surface area contributed by atoms with Crippen LogP contribution < -0.4 is 10.5 Å². The van der Waals surface area contributed by atoms with Gasteiger partial charge < -0.3 is 20.5 Å². The van der Waals surface area contributed by atoms with Gasteiger partial charge in [-0.1, -0.05) is 6.07 Å². The van der Waals surface area contributed by atoms with Crippen molar-refractivity contribution in [1.82, 2.24) is 4.90 Å². The fourth-order valence-electron chi connectivity index (χ4n) is 2.56. The van der Waals surface area contributed by atoms with E-state index in [1.165, 1.54) is 0 Å². The maximum absolute atomic E-state index is 12.5. The van der Waals surface area contributed by atoms with Crippen molar-refractivity contribution in [3.05, 3.63) is 23.8 Å². The summed E-state index contributed by atoms with van der Waals surface area (Å²) in [6.07, 6.45) is 1.32. The second-order valence-electron chi connectivity index (χ2n) is 5.33. The molecule has 0 saturated heterocycles. The lowest BCUT2D eigenvalue weighted by molar-refractivity contribution is 0.0264. The van der Waals surface area contributed by atoms with Crippen molar-refractivity contribution in [3.8, 4) is 5.75 Å². The zero-order valence-electron chi connectivity index (χ0n) is 12.0. The maximum Gasteiger partial charge on any atom is 0.259 e. The van der Waals surface area contributed by atoms with Crippen LogP contribution in [0.2, 0.25) is 0 Å². The molecule has 3 N–H and O–H groups in total. The van der Waals surface area contributed by atoms with Crippen LogP contribution in [0.1, 0.15) is 30.1 Å². The number of rotatable bonds is 5. The van der Waals surface area contributed by atoms with Gasteiger partial charge in [-0.15, -0.1) is 0 Å². The molecule has 5 heteroatoms. The third-order valence-corrected chi connectivity index (χ3v) is 3.66. The summed E-state index contributed by atoms with van der Waals surface area (Å²) in [7, 11) is 1.76. The first kappa shape index (κ1) is 14.7. The Morgan fingerprint density at radius 3 is 2.80 bits per heavy atom. The van der Waals surface area contributed by atoms with E-state index >= 15 is 0 Å². The van der Waals surface area contributed by atoms with Crippen molar-refractivity contribution in [2.45, 2.75) is 25.9 Å². The minimum Gasteiger partial charge on any atom is -0.493 e. The average molecular weight is 278 g/mol. The molecule has 0 bridgehead atoms. The predicted octanol–water partition coefficient (Wildman–Crippen LogP) is 1.51. The number of carbonyl (C=O) groups is 1. The highest BCUT2D eigenvalue weighted by atomic mass is 16.5. The monoisotopic (exact) mass is 278 g/mol. The Bertz CT molecular complexity index is 484. The van der Waals surface area contributed by atoms with Gasteiger partial charge in [-0.25, -0.2) is 0 Å². The lowest BCUT2D eigenvalue weighted by atomic mass is 9.82. The highest BCUT2D eigenvalue weighted by Gasteiger charge is 2.30. The van der Waals surface area contributed by atoms with E-state index in [4.69, 9.17) is 10.5 Å². The molecule has 0 heterocycles. The molecule has 0 atom stereocenters. The van der Waals surface area contributed by atoms with Gasteiger partial charge >= 0.3 is 0 Å². The van der Waals surface area contributed by atoms with E-state index in [1.807, 2.05) is 6.92 Å². The van der Waals surface area contributed by atoms with E-state index in [1.54, 1.807) is 30.1 Å². The van der Waals surface area contributed by atoms with Crippen LogP contribution in [0.15, 0.2) is 18.2 Å². The molecule has 5 nitrogen and oxygen atoms in total. The largest absolute Gasteiger partial charge is 0.493 e. The number of nitrogens with two attached hydrogens (primary N) is 1. The number of nitrogens with zero attached hydrogens (tertiary/aromatic N) is 1. The number of carbonyl (C=O) groups excluding carboxylic acids is 1. The Kier molecular flexibility index (Phi) is 4.49. The lowest BCUT2D eigenvalue weighted by Crippen LogP contribution is -2.39. The van der Waals surface area contributed by atoms with Crippen molar-refractivity contribution >= 4 is 11.6 Å². The van der Waals surface area contributed by atoms with E-state index in [0.29, 0.717) is 36.1 Å². The summed E-state index contributed by atoms with van der Waals surface area (Å²) >= 11 is 0. The lowest BCUT2D eigenvalue weighted by Gasteiger charge is -2.34. The minimum atomic E-state index is -0.204. The number of aliphatic hydroxyl groups excluding tert-OH is 1. The molecule has 110 valence electrons. The summed E-state index contributed by atoms with van der Waals surface area (Å²) in [5, 5.41) is 9.30. The second kappa shape index (κ2) is 6.13. The number of aliphatic hydroxyl groups is 1. The first-order valence-electron chi connectivity index (χ1n) is 6.97. The molecule has 1 fully saturated rings. The summed E-state index contributed by atoms with van der Waals surface area (Å²) in [4.78, 5) is 14.2. The first-order valence-corrected chi connectivity index (χ1v) is 6.97. The molecular formula is C15H22N2O3. The molecule has 0 unspecified atom stereocenters. The zero-order valence-corrected chi connectivity index (χ0v) is 12.0. The number of hydrogen-bond donors (Lipinski definition) is 2. The van der Waals surface area contributed by atoms with E-state index in [0.717, 1.165) is 12.8 Å². The highest BCUT2D eigenvalue weighted by Crippen LogP contribution is 2.30. The summed E-state index contributed by atoms with van der Waals surface area (Å²) in [5.41, 5.74) is 6.78. The fraction of sp³-hybridized carbons (Fsp3) is 0.533. The molecule has 20 heavy (non-hydrogen) atoms. The van der Waals surface area contributed by atoms with Crippen molar-refractivity contribution in [2.24, 2.45) is 5.92 Å². The van der Waals surface area contributed by atoms with Crippen LogP contribution in [-0.4, -0.2) is 42.2 Å². The molecular weight excluding hydrogens is 256 g/mol. The van der Waals surface area contributed by atoms with Gasteiger partial charge in [0, 0.05) is 19.3 Å². The molecule has 1 amide bonds. The first-order chi connectivity index (χ1) is 9.52. The number of anilines is 1. The Morgan fingerprint density at radius 1 is 1.50 bits per heavy atom. The number of benzene rings is 1. The molecule has 0 spiro atoms. The molecule has 1 saturated carbocycles. The third-order valence-electron chi connectivity index (χ3n) is 3.66. The van der Waals surface area contributed by atoms with Gasteiger partial charge in [0.15, 0.2) is 0 Å². The van der Waals surface area contributed by atoms with Crippen molar-refractivity contribution in [3.63, 3.8) is 0 Å². The van der Waals surface area contributed by atoms with Crippen LogP contribution in [0.25, 0.3) is 0 Å². The van der Waals surface area contributed by atoms with E-state index in [9.17, 15) is 9.90 Å². The quantitative estimate of drug-likeness (QED) is 0.801. The molecule has 0 radical (unpaired) electrons. The normalized spacial score (nSPS) is 21.1. The van der Waals surface area contributed by atoms with Crippen LogP contribution in [0.4, 0.5) is 5.69 Å². The summed E-state index contributed by atoms with van der Waals surface area (Å²) in [6.45, 7) is 3.00. The van der Waals surface area contributed by atoms with Crippen LogP contribution in [-0.2, 0) is 0 Å². The number of nitrogen functional groups attached to an aromatic ring is 1. The van der Waals surface area contributed by atoms with Crippen LogP contribution in [0.3, 0.4) is 0 Å². The van der Waals surface area contributed by atoms with Gasteiger partial charge in [-0.05, 0) is 37.8 Å². The van der Waals surface area contributed by atoms with Gasteiger partial charge in [0.25, 0.3) is 5.91 Å². The van der Waals surface area contributed by atoms with Gasteiger partial charge in [0.2, 0.25) is 0 Å². The Balaban J connectivity index is 2.11. The smallest absolute Gasteiger partial charge is 0.259 e. The van der Waals surface area contributed by atoms with Crippen LogP contribution >= 0.6 is 0 Å². The molecule has 2 rings (SSSR count). The molecule has 1 aromatic rings. The van der Waals surface area contributed by atoms with Gasteiger partial charge in [-0.3, -0.25) is 4.79 Å². The van der Waals surface area contributed by atoms with Crippen LogP contribution in [0.5, 0.6) is 5.75 Å². The number of hydrogen-bond acceptors (Lipinski definition) is 4. The van der Waals surface area contributed by atoms with Gasteiger partial charge in [0.1, 0.15) is 11.3 Å².